The molecule has 0 bridgehead atoms. The van der Waals surface area contributed by atoms with E-state index in [1.807, 2.05) is 0 Å². The molecular weight excluding hydrogens is 461 g/mol. The molecule has 2 aromatic carbocycles. The molecule has 3 aromatic rings. The molecule has 1 aliphatic rings. The molecule has 16 radical (unpaired) electrons. The van der Waals surface area contributed by atoms with Crippen LogP contribution in [0.2, 0.25) is 0 Å². The summed E-state index contributed by atoms with van der Waals surface area (Å²) in [5.74, 6) is -1.38. The maximum absolute atomic E-state index is 13.6. The second-order valence-corrected chi connectivity index (χ2v) is 9.20. The van der Waals surface area contributed by atoms with Crippen LogP contribution < -0.4 is 10.2 Å². The summed E-state index contributed by atoms with van der Waals surface area (Å²) >= 11 is 0. The largest absolute Gasteiger partial charge is 0.394 e. The molecule has 1 saturated heterocycles. The van der Waals surface area contributed by atoms with Crippen LogP contribution in [0, 0.1) is 18.6 Å². The van der Waals surface area contributed by atoms with E-state index in [0.717, 1.165) is 23.8 Å². The fraction of sp³-hybridized carbons (Fsp3) is 0.333. The molecule has 168 valence electrons. The average molecular weight is 477 g/mol. The molecule has 0 aliphatic carbocycles. The molecule has 2 heterocycles. The fourth-order valence-corrected chi connectivity index (χ4v) is 4.56. The minimum absolute atomic E-state index is 0.120. The van der Waals surface area contributed by atoms with Crippen molar-refractivity contribution in [3.8, 4) is 5.69 Å². The van der Waals surface area contributed by atoms with Crippen LogP contribution in [0.4, 0.5) is 26.1 Å². The second-order valence-electron chi connectivity index (χ2n) is 9.20. The fourth-order valence-electron chi connectivity index (χ4n) is 4.56. The van der Waals surface area contributed by atoms with Crippen molar-refractivity contribution in [1.82, 2.24) is 19.7 Å². The molecule has 37 heavy (non-hydrogen) atoms. The predicted octanol–water partition coefficient (Wildman–Crippen LogP) is -0.297. The number of piperazine rings is 1. The number of nitrogens with one attached hydrogen (secondary N) is 1. The van der Waals surface area contributed by atoms with Gasteiger partial charge in [-0.2, -0.15) is 4.98 Å². The topological polar surface area (TPSA) is 49.2 Å². The van der Waals surface area contributed by atoms with Gasteiger partial charge in [-0.25, -0.2) is 13.5 Å². The first-order valence-corrected chi connectivity index (χ1v) is 11.2. The molecule has 1 aliphatic heterocycles. The van der Waals surface area contributed by atoms with Gasteiger partial charge in [0.05, 0.1) is 68.5 Å². The zero-order valence-corrected chi connectivity index (χ0v) is 20.4. The lowest BCUT2D eigenvalue weighted by Crippen LogP contribution is -2.92. The van der Waals surface area contributed by atoms with Crippen LogP contribution in [-0.2, 0) is 0 Å². The Bertz CT molecular complexity index is 1280. The van der Waals surface area contributed by atoms with E-state index in [2.05, 4.69) is 15.4 Å². The average Bonchev–Trinajstić information content (AvgIpc) is 3.20. The quantitative estimate of drug-likeness (QED) is 0.513. The third-order valence-electron chi connectivity index (χ3n) is 6.41. The summed E-state index contributed by atoms with van der Waals surface area (Å²) in [6.45, 7) is 3.63. The normalized spacial score (nSPS) is 19.9. The predicted molar refractivity (Wildman–Crippen MR) is 148 cm³/mol. The molecule has 1 fully saturated rings. The number of halogens is 2. The van der Waals surface area contributed by atoms with E-state index < -0.39 is 33.0 Å². The number of hydrogen-bond acceptors (Lipinski definition) is 5. The van der Waals surface area contributed by atoms with Gasteiger partial charge in [-0.15, -0.1) is 5.10 Å². The van der Waals surface area contributed by atoms with Crippen LogP contribution >= 0.6 is 0 Å². The Morgan fingerprint density at radius 1 is 0.784 bits per heavy atom. The molecule has 0 unspecified atom stereocenters. The Morgan fingerprint density at radius 2 is 1.35 bits per heavy atom. The third kappa shape index (κ3) is 4.45. The number of benzene rings is 2. The molecule has 6 nitrogen and oxygen atoms in total. The number of aryl methyl sites for hydroxylation is 1. The van der Waals surface area contributed by atoms with Crippen molar-refractivity contribution >= 4 is 80.1 Å². The molecule has 0 amide bonds. The zero-order valence-electron chi connectivity index (χ0n) is 20.4. The second kappa shape index (κ2) is 9.07. The van der Waals surface area contributed by atoms with Gasteiger partial charge in [-0.05, 0) is 70.7 Å². The van der Waals surface area contributed by atoms with Crippen molar-refractivity contribution in [3.63, 3.8) is 0 Å². The van der Waals surface area contributed by atoms with E-state index >= 15 is 0 Å². The summed E-state index contributed by atoms with van der Waals surface area (Å²) in [5, 5.41) is -0.823. The first-order valence-electron chi connectivity index (χ1n) is 11.2. The summed E-state index contributed by atoms with van der Waals surface area (Å²) in [6, 6.07) is 8.02. The molecule has 1 aromatic heterocycles. The Morgan fingerprint density at radius 3 is 1.89 bits per heavy atom. The van der Waals surface area contributed by atoms with Crippen LogP contribution in [-0.4, -0.2) is 110 Å². The minimum atomic E-state index is -2.05. The summed E-state index contributed by atoms with van der Waals surface area (Å²) in [5.41, 5.74) is 1.62. The zero-order chi connectivity index (χ0) is 27.6. The van der Waals surface area contributed by atoms with Crippen LogP contribution in [0.15, 0.2) is 42.7 Å². The van der Waals surface area contributed by atoms with Gasteiger partial charge in [0.2, 0.25) is 5.95 Å². The molecule has 1 N–H and O–H groups in total. The number of nitrogens with zero attached hydrogens (tertiary/aromatic N) is 5. The smallest absolute Gasteiger partial charge is 0.246 e. The van der Waals surface area contributed by atoms with Gasteiger partial charge >= 0.3 is 0 Å². The van der Waals surface area contributed by atoms with E-state index in [4.69, 9.17) is 62.8 Å². The van der Waals surface area contributed by atoms with Gasteiger partial charge in [-0.3, -0.25) is 0 Å². The highest BCUT2D eigenvalue weighted by atomic mass is 19.1. The monoisotopic (exact) mass is 478 g/mol. The van der Waals surface area contributed by atoms with Crippen molar-refractivity contribution in [2.45, 2.75) is 35.2 Å². The minimum Gasteiger partial charge on any atom is -0.394 e. The molecule has 0 atom stereocenters. The number of hydrogen-bond donors (Lipinski definition) is 1. The number of rotatable bonds is 5. The van der Waals surface area contributed by atoms with Crippen molar-refractivity contribution in [1.29, 1.82) is 0 Å². The lowest BCUT2D eigenvalue weighted by Gasteiger charge is -2.76. The van der Waals surface area contributed by atoms with Crippen molar-refractivity contribution in [3.05, 3.63) is 59.9 Å². The van der Waals surface area contributed by atoms with Crippen molar-refractivity contribution < 1.29 is 8.78 Å². The SMILES string of the molecule is [B]C1([B])N(CC)C([B])([B])C([B])([B])N(c2cc(C)cc(Nc3ncn(-c4cc(F)cc(F)c4)n3)c2)C1([B])[B]. The lowest BCUT2D eigenvalue weighted by atomic mass is 9.26. The molecule has 4 rings (SSSR count). The van der Waals surface area contributed by atoms with Gasteiger partial charge in [0.25, 0.3) is 0 Å². The maximum Gasteiger partial charge on any atom is 0.246 e. The number of aromatic nitrogens is 3. The van der Waals surface area contributed by atoms with Crippen LogP contribution in [0.25, 0.3) is 5.69 Å². The van der Waals surface area contributed by atoms with Gasteiger partial charge in [0.15, 0.2) is 0 Å². The Kier molecular flexibility index (Phi) is 6.75. The molecule has 0 saturated carbocycles. The van der Waals surface area contributed by atoms with E-state index in [1.165, 1.54) is 20.8 Å². The number of likely N-dealkylation sites (N-methyl/N-ethyl adjacent to an activating group) is 1. The van der Waals surface area contributed by atoms with Gasteiger partial charge in [-0.1, -0.05) is 6.92 Å². The van der Waals surface area contributed by atoms with E-state index in [-0.39, 0.29) is 18.2 Å². The highest BCUT2D eigenvalue weighted by Crippen LogP contribution is 2.45. The first-order chi connectivity index (χ1) is 17.0. The van der Waals surface area contributed by atoms with Crippen LogP contribution in [0.5, 0.6) is 0 Å². The van der Waals surface area contributed by atoms with Gasteiger partial charge < -0.3 is 15.1 Å². The molecular formula is C21H16B8F2N6. The Labute approximate surface area is 226 Å². The van der Waals surface area contributed by atoms with E-state index in [9.17, 15) is 8.78 Å². The molecule has 16 heteroatoms. The highest BCUT2D eigenvalue weighted by molar-refractivity contribution is 6.62. The van der Waals surface area contributed by atoms with Crippen LogP contribution in [0.1, 0.15) is 12.5 Å². The van der Waals surface area contributed by atoms with Crippen molar-refractivity contribution in [2.75, 3.05) is 16.8 Å². The highest BCUT2D eigenvalue weighted by Gasteiger charge is 2.59. The first kappa shape index (κ1) is 27.6. The van der Waals surface area contributed by atoms with Crippen molar-refractivity contribution in [2.24, 2.45) is 0 Å². The summed E-state index contributed by atoms with van der Waals surface area (Å²) in [4.78, 5) is 6.55. The lowest BCUT2D eigenvalue weighted by molar-refractivity contribution is 0.114. The Hall–Kier alpha value is -2.48. The van der Waals surface area contributed by atoms with E-state index in [1.54, 1.807) is 32.0 Å². The summed E-state index contributed by atoms with van der Waals surface area (Å²) < 4.78 is 28.4. The maximum atomic E-state index is 13.6. The summed E-state index contributed by atoms with van der Waals surface area (Å²) in [7, 11) is 51.3. The summed E-state index contributed by atoms with van der Waals surface area (Å²) in [6.07, 6.45) is 1.29. The standard InChI is InChI=1S/C21H16B8F2N6/c1-3-36-18(22,23)20(26,27)37(21(28,29)19(36,24)25)16-5-11(2)4-14(9-16)33-17-32-10-35(34-17)15-7-12(30)6-13(31)8-15/h4-10H,3H2,1-2H3,(H,33,34). The van der Waals surface area contributed by atoms with E-state index in [0.29, 0.717) is 11.4 Å². The van der Waals surface area contributed by atoms with Gasteiger partial charge in [0, 0.05) is 17.4 Å². The number of anilines is 3. The Balaban J connectivity index is 1.73. The van der Waals surface area contributed by atoms with Gasteiger partial charge in [0.1, 0.15) is 18.0 Å². The van der Waals surface area contributed by atoms with Crippen LogP contribution in [0.3, 0.4) is 0 Å². The molecule has 0 spiro atoms. The third-order valence-corrected chi connectivity index (χ3v) is 6.41.